The molecule has 1 saturated heterocycles. The summed E-state index contributed by atoms with van der Waals surface area (Å²) in [7, 11) is 0. The van der Waals surface area contributed by atoms with Crippen LogP contribution in [-0.2, 0) is 14.3 Å². The lowest BCUT2D eigenvalue weighted by atomic mass is 9.89. The van der Waals surface area contributed by atoms with Gasteiger partial charge in [0, 0.05) is 0 Å². The Bertz CT molecular complexity index is 389. The van der Waals surface area contributed by atoms with E-state index in [4.69, 9.17) is 9.47 Å². The van der Waals surface area contributed by atoms with Crippen LogP contribution in [0.4, 0.5) is 0 Å². The summed E-state index contributed by atoms with van der Waals surface area (Å²) in [5.41, 5.74) is 0. The van der Waals surface area contributed by atoms with Crippen molar-refractivity contribution in [3.63, 3.8) is 0 Å². The molecular formula is C20H38O7. The molecule has 0 spiro atoms. The molecule has 1 heterocycles. The average molecular weight is 391 g/mol. The molecule has 1 rings (SSSR count). The van der Waals surface area contributed by atoms with Gasteiger partial charge in [-0.3, -0.25) is 4.79 Å². The zero-order valence-electron chi connectivity index (χ0n) is 16.6. The van der Waals surface area contributed by atoms with Gasteiger partial charge in [0.05, 0.1) is 19.3 Å². The van der Waals surface area contributed by atoms with Gasteiger partial charge in [-0.05, 0) is 6.42 Å². The highest BCUT2D eigenvalue weighted by Crippen LogP contribution is 2.26. The van der Waals surface area contributed by atoms with Gasteiger partial charge in [-0.15, -0.1) is 0 Å². The molecule has 1 unspecified atom stereocenters. The van der Waals surface area contributed by atoms with Crippen molar-refractivity contribution in [2.24, 2.45) is 5.92 Å². The van der Waals surface area contributed by atoms with E-state index in [2.05, 4.69) is 6.92 Å². The van der Waals surface area contributed by atoms with Crippen LogP contribution in [0, 0.1) is 5.92 Å². The number of aliphatic hydroxyl groups excluding tert-OH is 4. The third kappa shape index (κ3) is 8.87. The second-order valence-corrected chi connectivity index (χ2v) is 7.46. The monoisotopic (exact) mass is 390 g/mol. The maximum absolute atomic E-state index is 12.1. The van der Waals surface area contributed by atoms with Gasteiger partial charge in [0.15, 0.2) is 6.29 Å². The zero-order valence-corrected chi connectivity index (χ0v) is 16.6. The quantitative estimate of drug-likeness (QED) is 0.264. The number of carbonyl (C=O) groups excluding carboxylic acids is 1. The lowest BCUT2D eigenvalue weighted by Gasteiger charge is -2.38. The Hall–Kier alpha value is -0.730. The Morgan fingerprint density at radius 1 is 0.852 bits per heavy atom. The molecule has 7 heteroatoms. The van der Waals surface area contributed by atoms with Gasteiger partial charge >= 0.3 is 5.97 Å². The standard InChI is InChI=1S/C20H38O7/c1-2-3-4-5-6-7-8-9-10-11-12-13-26-19(24)16-15(14-21)27-20(25)18(23)17(16)22/h15-18,20-23,25H,2-14H2,1H3/t15-,16-,17+,18-,20?/m1/s1. The number of unbranched alkanes of at least 4 members (excludes halogenated alkanes) is 10. The summed E-state index contributed by atoms with van der Waals surface area (Å²) in [6.07, 6.45) is 7.27. The summed E-state index contributed by atoms with van der Waals surface area (Å²) in [6.45, 7) is 1.90. The Morgan fingerprint density at radius 2 is 1.37 bits per heavy atom. The van der Waals surface area contributed by atoms with E-state index in [1.165, 1.54) is 51.4 Å². The topological polar surface area (TPSA) is 116 Å². The number of aliphatic hydroxyl groups is 4. The van der Waals surface area contributed by atoms with Crippen molar-refractivity contribution in [2.45, 2.75) is 102 Å². The van der Waals surface area contributed by atoms with Crippen LogP contribution in [-0.4, -0.2) is 64.2 Å². The van der Waals surface area contributed by atoms with Gasteiger partial charge in [-0.2, -0.15) is 0 Å². The molecule has 1 fully saturated rings. The van der Waals surface area contributed by atoms with Crippen molar-refractivity contribution in [3.8, 4) is 0 Å². The summed E-state index contributed by atoms with van der Waals surface area (Å²) in [4.78, 5) is 12.1. The van der Waals surface area contributed by atoms with Crippen LogP contribution in [0.15, 0.2) is 0 Å². The molecule has 5 atom stereocenters. The fourth-order valence-corrected chi connectivity index (χ4v) is 3.43. The lowest BCUT2D eigenvalue weighted by molar-refractivity contribution is -0.273. The van der Waals surface area contributed by atoms with E-state index in [9.17, 15) is 25.2 Å². The van der Waals surface area contributed by atoms with Gasteiger partial charge < -0.3 is 29.9 Å². The predicted octanol–water partition coefficient (Wildman–Crippen LogP) is 1.89. The second-order valence-electron chi connectivity index (χ2n) is 7.46. The van der Waals surface area contributed by atoms with E-state index in [-0.39, 0.29) is 6.61 Å². The first-order valence-electron chi connectivity index (χ1n) is 10.5. The zero-order chi connectivity index (χ0) is 20.1. The fourth-order valence-electron chi connectivity index (χ4n) is 3.43. The minimum absolute atomic E-state index is 0.232. The van der Waals surface area contributed by atoms with Crippen molar-refractivity contribution in [1.29, 1.82) is 0 Å². The van der Waals surface area contributed by atoms with Crippen LogP contribution in [0.1, 0.15) is 77.6 Å². The van der Waals surface area contributed by atoms with Crippen molar-refractivity contribution >= 4 is 5.97 Å². The summed E-state index contributed by atoms with van der Waals surface area (Å²) in [5.74, 6) is -1.93. The number of esters is 1. The largest absolute Gasteiger partial charge is 0.465 e. The highest BCUT2D eigenvalue weighted by Gasteiger charge is 2.48. The molecule has 0 radical (unpaired) electrons. The molecule has 0 saturated carbocycles. The van der Waals surface area contributed by atoms with Crippen LogP contribution in [0.5, 0.6) is 0 Å². The maximum atomic E-state index is 12.1. The minimum Gasteiger partial charge on any atom is -0.465 e. The van der Waals surface area contributed by atoms with Crippen molar-refractivity contribution in [2.75, 3.05) is 13.2 Å². The van der Waals surface area contributed by atoms with Crippen LogP contribution in [0.25, 0.3) is 0 Å². The molecule has 1 aliphatic heterocycles. The third-order valence-electron chi connectivity index (χ3n) is 5.17. The Balaban J connectivity index is 2.09. The molecule has 27 heavy (non-hydrogen) atoms. The SMILES string of the molecule is CCCCCCCCCCCCCOC(=O)[C@H]1[C@H](O)[C@@H](O)C(O)O[C@@H]1CO. The molecule has 0 bridgehead atoms. The van der Waals surface area contributed by atoms with E-state index < -0.39 is 43.1 Å². The molecule has 0 aromatic carbocycles. The minimum atomic E-state index is -1.63. The molecule has 7 nitrogen and oxygen atoms in total. The highest BCUT2D eigenvalue weighted by atomic mass is 16.6. The fraction of sp³-hybridized carbons (Fsp3) is 0.950. The van der Waals surface area contributed by atoms with Crippen molar-refractivity contribution < 1.29 is 34.7 Å². The molecule has 0 aromatic heterocycles. The summed E-state index contributed by atoms with van der Waals surface area (Å²) in [5, 5.41) is 38.3. The number of hydrogen-bond acceptors (Lipinski definition) is 7. The van der Waals surface area contributed by atoms with Crippen LogP contribution < -0.4 is 0 Å². The van der Waals surface area contributed by atoms with E-state index in [0.29, 0.717) is 0 Å². The number of rotatable bonds is 14. The van der Waals surface area contributed by atoms with Crippen molar-refractivity contribution in [1.82, 2.24) is 0 Å². The van der Waals surface area contributed by atoms with Gasteiger partial charge in [0.25, 0.3) is 0 Å². The Morgan fingerprint density at radius 3 is 1.89 bits per heavy atom. The maximum Gasteiger partial charge on any atom is 0.314 e. The molecular weight excluding hydrogens is 352 g/mol. The molecule has 0 amide bonds. The van der Waals surface area contributed by atoms with Crippen LogP contribution in [0.3, 0.4) is 0 Å². The molecule has 0 aromatic rings. The van der Waals surface area contributed by atoms with Gasteiger partial charge in [-0.25, -0.2) is 0 Å². The average Bonchev–Trinajstić information content (AvgIpc) is 2.66. The summed E-state index contributed by atoms with van der Waals surface area (Å²) < 4.78 is 10.1. The normalized spacial score (nSPS) is 28.3. The number of ether oxygens (including phenoxy) is 2. The lowest BCUT2D eigenvalue weighted by Crippen LogP contribution is -2.58. The first-order valence-corrected chi connectivity index (χ1v) is 10.5. The molecule has 4 N–H and O–H groups in total. The summed E-state index contributed by atoms with van der Waals surface area (Å²) in [6, 6.07) is 0. The smallest absolute Gasteiger partial charge is 0.314 e. The van der Waals surface area contributed by atoms with E-state index in [1.54, 1.807) is 0 Å². The van der Waals surface area contributed by atoms with Crippen LogP contribution >= 0.6 is 0 Å². The Kier molecular flexibility index (Phi) is 12.9. The van der Waals surface area contributed by atoms with Gasteiger partial charge in [-0.1, -0.05) is 71.1 Å². The second kappa shape index (κ2) is 14.3. The highest BCUT2D eigenvalue weighted by molar-refractivity contribution is 5.74. The Labute approximate surface area is 162 Å². The van der Waals surface area contributed by atoms with Gasteiger partial charge in [0.2, 0.25) is 0 Å². The van der Waals surface area contributed by atoms with Crippen molar-refractivity contribution in [3.05, 3.63) is 0 Å². The first kappa shape index (κ1) is 24.3. The van der Waals surface area contributed by atoms with Crippen LogP contribution in [0.2, 0.25) is 0 Å². The molecule has 160 valence electrons. The number of carbonyl (C=O) groups is 1. The number of hydrogen-bond donors (Lipinski definition) is 4. The van der Waals surface area contributed by atoms with E-state index in [1.807, 2.05) is 0 Å². The van der Waals surface area contributed by atoms with E-state index >= 15 is 0 Å². The molecule has 0 aliphatic carbocycles. The summed E-state index contributed by atoms with van der Waals surface area (Å²) >= 11 is 0. The van der Waals surface area contributed by atoms with Gasteiger partial charge in [0.1, 0.15) is 18.1 Å². The predicted molar refractivity (Wildman–Crippen MR) is 101 cm³/mol. The first-order chi connectivity index (χ1) is 13.0. The molecule has 1 aliphatic rings. The van der Waals surface area contributed by atoms with E-state index in [0.717, 1.165) is 19.3 Å². The third-order valence-corrected chi connectivity index (χ3v) is 5.17.